The predicted molar refractivity (Wildman–Crippen MR) is 115 cm³/mol. The maximum absolute atomic E-state index is 13.1. The van der Waals surface area contributed by atoms with Crippen molar-refractivity contribution in [2.24, 2.45) is 0 Å². The molecular weight excluding hydrogens is 364 g/mol. The maximum Gasteiger partial charge on any atom is 0.278 e. The van der Waals surface area contributed by atoms with Crippen molar-refractivity contribution in [2.45, 2.75) is 33.1 Å². The molecule has 0 aromatic heterocycles. The van der Waals surface area contributed by atoms with Gasteiger partial charge in [0, 0.05) is 25.9 Å². The number of nitrogens with one attached hydrogen (secondary N) is 1. The predicted octanol–water partition coefficient (Wildman–Crippen LogP) is 4.35. The van der Waals surface area contributed by atoms with Crippen molar-refractivity contribution >= 4 is 23.1 Å². The van der Waals surface area contributed by atoms with Gasteiger partial charge in [-0.2, -0.15) is 0 Å². The molecule has 0 aliphatic carbocycles. The van der Waals surface area contributed by atoms with Crippen molar-refractivity contribution in [2.75, 3.05) is 25.6 Å². The summed E-state index contributed by atoms with van der Waals surface area (Å²) in [5.41, 5.74) is 4.59. The average Bonchev–Trinajstić information content (AvgIpc) is 2.93. The molecule has 2 aromatic rings. The molecule has 29 heavy (non-hydrogen) atoms. The number of rotatable bonds is 8. The lowest BCUT2D eigenvalue weighted by Gasteiger charge is -2.15. The first-order valence-corrected chi connectivity index (χ1v) is 9.95. The van der Waals surface area contributed by atoms with E-state index in [2.05, 4.69) is 19.2 Å². The van der Waals surface area contributed by atoms with Crippen LogP contribution < -0.4 is 5.32 Å². The molecular formula is C24H28N2O3. The summed E-state index contributed by atoms with van der Waals surface area (Å²) in [5.74, 6) is -0.136. The summed E-state index contributed by atoms with van der Waals surface area (Å²) in [6, 6.07) is 15.6. The fourth-order valence-corrected chi connectivity index (χ4v) is 3.35. The van der Waals surface area contributed by atoms with E-state index in [1.165, 1.54) is 10.5 Å². The van der Waals surface area contributed by atoms with E-state index in [0.29, 0.717) is 36.8 Å². The van der Waals surface area contributed by atoms with Crippen LogP contribution in [-0.2, 0) is 14.3 Å². The second kappa shape index (κ2) is 9.05. The number of carbonyl (C=O) groups is 2. The first-order chi connectivity index (χ1) is 13.9. The number of amides is 2. The second-order valence-electron chi connectivity index (χ2n) is 7.63. The van der Waals surface area contributed by atoms with E-state index in [0.717, 1.165) is 16.8 Å². The van der Waals surface area contributed by atoms with E-state index in [1.54, 1.807) is 7.11 Å². The molecule has 0 bridgehead atoms. The van der Waals surface area contributed by atoms with Crippen molar-refractivity contribution in [1.82, 2.24) is 4.90 Å². The Morgan fingerprint density at radius 1 is 0.966 bits per heavy atom. The Labute approximate surface area is 172 Å². The molecule has 0 unspecified atom stereocenters. The lowest BCUT2D eigenvalue weighted by Crippen LogP contribution is -2.33. The van der Waals surface area contributed by atoms with Crippen LogP contribution in [0.4, 0.5) is 5.69 Å². The molecule has 3 rings (SSSR count). The summed E-state index contributed by atoms with van der Waals surface area (Å²) in [6.07, 6.45) is 0.603. The molecule has 0 saturated carbocycles. The highest BCUT2D eigenvalue weighted by atomic mass is 16.5. The molecule has 1 aliphatic heterocycles. The normalized spacial score (nSPS) is 14.3. The molecule has 2 amide bonds. The van der Waals surface area contributed by atoms with Crippen LogP contribution in [0.2, 0.25) is 0 Å². The van der Waals surface area contributed by atoms with Gasteiger partial charge in [0.1, 0.15) is 5.70 Å². The Morgan fingerprint density at radius 3 is 2.21 bits per heavy atom. The van der Waals surface area contributed by atoms with Crippen LogP contribution in [-0.4, -0.2) is 37.0 Å². The van der Waals surface area contributed by atoms with Gasteiger partial charge in [0.15, 0.2) is 0 Å². The van der Waals surface area contributed by atoms with E-state index >= 15 is 0 Å². The first-order valence-electron chi connectivity index (χ1n) is 9.95. The number of hydrogen-bond donors (Lipinski definition) is 1. The molecule has 5 heteroatoms. The van der Waals surface area contributed by atoms with Gasteiger partial charge in [0.2, 0.25) is 0 Å². The van der Waals surface area contributed by atoms with Crippen LogP contribution in [0.5, 0.6) is 0 Å². The highest BCUT2D eigenvalue weighted by Crippen LogP contribution is 2.31. The fourth-order valence-electron chi connectivity index (χ4n) is 3.35. The van der Waals surface area contributed by atoms with Gasteiger partial charge in [-0.1, -0.05) is 55.8 Å². The minimum Gasteiger partial charge on any atom is -0.385 e. The van der Waals surface area contributed by atoms with Crippen LogP contribution in [0, 0.1) is 6.92 Å². The number of aryl methyl sites for hydroxylation is 1. The average molecular weight is 392 g/mol. The van der Waals surface area contributed by atoms with Gasteiger partial charge in [-0.25, -0.2) is 0 Å². The molecule has 0 radical (unpaired) electrons. The minimum atomic E-state index is -0.297. The second-order valence-corrected chi connectivity index (χ2v) is 7.63. The van der Waals surface area contributed by atoms with Crippen molar-refractivity contribution in [3.63, 3.8) is 0 Å². The van der Waals surface area contributed by atoms with Gasteiger partial charge in [-0.05, 0) is 42.5 Å². The van der Waals surface area contributed by atoms with E-state index in [1.807, 2.05) is 55.5 Å². The third kappa shape index (κ3) is 4.57. The maximum atomic E-state index is 13.1. The van der Waals surface area contributed by atoms with E-state index in [9.17, 15) is 9.59 Å². The molecule has 0 atom stereocenters. The summed E-state index contributed by atoms with van der Waals surface area (Å²) in [7, 11) is 1.61. The van der Waals surface area contributed by atoms with Gasteiger partial charge in [-0.3, -0.25) is 14.5 Å². The molecule has 1 heterocycles. The SMILES string of the molecule is COCCCN1C(=O)C(Nc2ccc(C(C)C)cc2)=C(c2ccc(C)cc2)C1=O. The van der Waals surface area contributed by atoms with Crippen LogP contribution in [0.25, 0.3) is 5.57 Å². The summed E-state index contributed by atoms with van der Waals surface area (Å²) in [6.45, 7) is 7.09. The molecule has 5 nitrogen and oxygen atoms in total. The smallest absolute Gasteiger partial charge is 0.278 e. The van der Waals surface area contributed by atoms with Gasteiger partial charge in [-0.15, -0.1) is 0 Å². The van der Waals surface area contributed by atoms with Crippen molar-refractivity contribution in [1.29, 1.82) is 0 Å². The van der Waals surface area contributed by atoms with Gasteiger partial charge < -0.3 is 10.1 Å². The molecule has 0 fully saturated rings. The standard InChI is InChI=1S/C24H28N2O3/c1-16(2)18-10-12-20(13-11-18)25-22-21(19-8-6-17(3)7-9-19)23(27)26(24(22)28)14-5-15-29-4/h6-13,16,25H,5,14-15H2,1-4H3. The highest BCUT2D eigenvalue weighted by Gasteiger charge is 2.38. The van der Waals surface area contributed by atoms with E-state index < -0.39 is 0 Å². The molecule has 0 saturated heterocycles. The minimum absolute atomic E-state index is 0.267. The molecule has 1 N–H and O–H groups in total. The van der Waals surface area contributed by atoms with Crippen LogP contribution in [0.15, 0.2) is 54.2 Å². The Hall–Kier alpha value is -2.92. The third-order valence-electron chi connectivity index (χ3n) is 5.09. The van der Waals surface area contributed by atoms with Gasteiger partial charge in [0.05, 0.1) is 5.57 Å². The van der Waals surface area contributed by atoms with E-state index in [-0.39, 0.29) is 11.8 Å². The first kappa shape index (κ1) is 20.8. The number of methoxy groups -OCH3 is 1. The Bertz CT molecular complexity index is 912. The number of imide groups is 1. The number of nitrogens with zero attached hydrogens (tertiary/aromatic N) is 1. The monoisotopic (exact) mass is 392 g/mol. The summed E-state index contributed by atoms with van der Waals surface area (Å²) in [4.78, 5) is 27.5. The number of carbonyl (C=O) groups excluding carboxylic acids is 2. The van der Waals surface area contributed by atoms with E-state index in [4.69, 9.17) is 4.74 Å². The third-order valence-corrected chi connectivity index (χ3v) is 5.09. The largest absolute Gasteiger partial charge is 0.385 e. The summed E-state index contributed by atoms with van der Waals surface area (Å²) < 4.78 is 5.07. The summed E-state index contributed by atoms with van der Waals surface area (Å²) >= 11 is 0. The number of benzene rings is 2. The Balaban J connectivity index is 1.95. The number of ether oxygens (including phenoxy) is 1. The van der Waals surface area contributed by atoms with Crippen LogP contribution in [0.3, 0.4) is 0 Å². The van der Waals surface area contributed by atoms with Crippen molar-refractivity contribution in [3.05, 3.63) is 70.9 Å². The highest BCUT2D eigenvalue weighted by molar-refractivity contribution is 6.36. The van der Waals surface area contributed by atoms with Crippen LogP contribution in [0.1, 0.15) is 42.9 Å². The molecule has 1 aliphatic rings. The summed E-state index contributed by atoms with van der Waals surface area (Å²) in [5, 5.41) is 3.21. The van der Waals surface area contributed by atoms with Crippen molar-refractivity contribution < 1.29 is 14.3 Å². The van der Waals surface area contributed by atoms with Crippen LogP contribution >= 0.6 is 0 Å². The Kier molecular flexibility index (Phi) is 6.49. The quantitative estimate of drug-likeness (QED) is 0.536. The zero-order valence-corrected chi connectivity index (χ0v) is 17.5. The zero-order valence-electron chi connectivity index (χ0n) is 17.5. The zero-order chi connectivity index (χ0) is 21.0. The van der Waals surface area contributed by atoms with Crippen molar-refractivity contribution in [3.8, 4) is 0 Å². The molecule has 152 valence electrons. The number of anilines is 1. The fraction of sp³-hybridized carbons (Fsp3) is 0.333. The lowest BCUT2D eigenvalue weighted by molar-refractivity contribution is -0.136. The number of hydrogen-bond acceptors (Lipinski definition) is 4. The van der Waals surface area contributed by atoms with Gasteiger partial charge in [0.25, 0.3) is 11.8 Å². The molecule has 0 spiro atoms. The Morgan fingerprint density at radius 2 is 1.62 bits per heavy atom. The molecule has 2 aromatic carbocycles. The topological polar surface area (TPSA) is 58.6 Å². The van der Waals surface area contributed by atoms with Gasteiger partial charge >= 0.3 is 0 Å². The lowest BCUT2D eigenvalue weighted by atomic mass is 10.0.